The average Bonchev–Trinajstić information content (AvgIpc) is 2.61. The number of anilines is 1. The van der Waals surface area contributed by atoms with E-state index in [-0.39, 0.29) is 5.91 Å². The molecule has 2 aromatic rings. The minimum absolute atomic E-state index is 0.0473. The predicted molar refractivity (Wildman–Crippen MR) is 101 cm³/mol. The number of carbonyl (C=O) groups excluding carboxylic acids is 1. The molecule has 0 radical (unpaired) electrons. The molecule has 0 bridgehead atoms. The van der Waals surface area contributed by atoms with Gasteiger partial charge in [-0.1, -0.05) is 17.7 Å². The third-order valence-corrected chi connectivity index (χ3v) is 3.84. The molecule has 0 atom stereocenters. The predicted octanol–water partition coefficient (Wildman–Crippen LogP) is 3.65. The molecule has 0 aliphatic rings. The number of halogens is 1. The number of benzene rings is 2. The van der Waals surface area contributed by atoms with Crippen LogP contribution in [-0.2, 0) is 4.79 Å². The van der Waals surface area contributed by atoms with Gasteiger partial charge in [-0.15, -0.1) is 0 Å². The maximum Gasteiger partial charge on any atom is 0.225 e. The van der Waals surface area contributed by atoms with Crippen LogP contribution in [-0.4, -0.2) is 32.7 Å². The van der Waals surface area contributed by atoms with E-state index in [1.54, 1.807) is 19.2 Å². The fourth-order valence-electron chi connectivity index (χ4n) is 2.18. The van der Waals surface area contributed by atoms with E-state index in [2.05, 4.69) is 10.6 Å². The number of carbonyl (C=O) groups is 1. The van der Waals surface area contributed by atoms with Crippen LogP contribution in [0.1, 0.15) is 12.0 Å². The molecule has 0 aliphatic heterocycles. The smallest absolute Gasteiger partial charge is 0.225 e. The molecule has 25 heavy (non-hydrogen) atoms. The number of hydrogen-bond acceptors (Lipinski definition) is 4. The van der Waals surface area contributed by atoms with Gasteiger partial charge in [-0.05, 0) is 48.9 Å². The first-order valence-electron chi connectivity index (χ1n) is 8.12. The molecule has 0 aromatic heterocycles. The Bertz CT molecular complexity index is 690. The van der Waals surface area contributed by atoms with E-state index in [0.29, 0.717) is 31.1 Å². The molecule has 1 amide bonds. The summed E-state index contributed by atoms with van der Waals surface area (Å²) in [7, 11) is 1.63. The molecule has 0 aliphatic carbocycles. The van der Waals surface area contributed by atoms with Crippen LogP contribution in [0.15, 0.2) is 42.5 Å². The molecule has 0 heterocycles. The summed E-state index contributed by atoms with van der Waals surface area (Å²) in [6.07, 6.45) is 0.383. The van der Waals surface area contributed by atoms with Gasteiger partial charge in [-0.2, -0.15) is 0 Å². The largest absolute Gasteiger partial charge is 0.497 e. The highest BCUT2D eigenvalue weighted by atomic mass is 35.5. The van der Waals surface area contributed by atoms with Crippen molar-refractivity contribution in [3.05, 3.63) is 53.1 Å². The fourth-order valence-corrected chi connectivity index (χ4v) is 2.35. The van der Waals surface area contributed by atoms with Crippen LogP contribution >= 0.6 is 11.6 Å². The molecule has 5 nitrogen and oxygen atoms in total. The van der Waals surface area contributed by atoms with Crippen LogP contribution < -0.4 is 20.1 Å². The highest BCUT2D eigenvalue weighted by Crippen LogP contribution is 2.20. The maximum absolute atomic E-state index is 12.0. The van der Waals surface area contributed by atoms with Crippen molar-refractivity contribution in [1.82, 2.24) is 5.32 Å². The Kier molecular flexibility index (Phi) is 7.57. The highest BCUT2D eigenvalue weighted by molar-refractivity contribution is 6.31. The van der Waals surface area contributed by atoms with Crippen molar-refractivity contribution in [1.29, 1.82) is 0 Å². The van der Waals surface area contributed by atoms with Crippen LogP contribution in [0.2, 0.25) is 5.02 Å². The molecule has 0 saturated heterocycles. The van der Waals surface area contributed by atoms with Gasteiger partial charge in [0.05, 0.1) is 7.11 Å². The summed E-state index contributed by atoms with van der Waals surface area (Å²) in [5, 5.41) is 6.66. The Morgan fingerprint density at radius 1 is 1.08 bits per heavy atom. The van der Waals surface area contributed by atoms with Crippen molar-refractivity contribution < 1.29 is 14.3 Å². The monoisotopic (exact) mass is 362 g/mol. The van der Waals surface area contributed by atoms with Crippen LogP contribution in [0, 0.1) is 6.92 Å². The Labute approximate surface area is 153 Å². The van der Waals surface area contributed by atoms with Gasteiger partial charge in [-0.3, -0.25) is 4.79 Å². The molecule has 2 aromatic carbocycles. The van der Waals surface area contributed by atoms with Gasteiger partial charge in [0.15, 0.2) is 0 Å². The third kappa shape index (κ3) is 6.64. The first kappa shape index (κ1) is 19.1. The van der Waals surface area contributed by atoms with Crippen LogP contribution in [0.5, 0.6) is 11.5 Å². The lowest BCUT2D eigenvalue weighted by molar-refractivity contribution is -0.116. The molecular weight excluding hydrogens is 340 g/mol. The van der Waals surface area contributed by atoms with E-state index in [1.165, 1.54) is 0 Å². The number of amides is 1. The molecule has 6 heteroatoms. The second-order valence-corrected chi connectivity index (χ2v) is 5.97. The van der Waals surface area contributed by atoms with Crippen LogP contribution in [0.25, 0.3) is 0 Å². The van der Waals surface area contributed by atoms with Crippen LogP contribution in [0.3, 0.4) is 0 Å². The first-order chi connectivity index (χ1) is 12.1. The normalized spacial score (nSPS) is 10.4. The standard InChI is InChI=1S/C19H23ClN2O3/c1-14-3-4-15(20)13-18(14)22-19(23)9-10-21-11-12-25-17-7-5-16(24-2)6-8-17/h3-8,13,21H,9-12H2,1-2H3,(H,22,23). The Balaban J connectivity index is 1.60. The number of aryl methyl sites for hydroxylation is 1. The molecule has 0 spiro atoms. The third-order valence-electron chi connectivity index (χ3n) is 3.61. The van der Waals surface area contributed by atoms with E-state index in [1.807, 2.05) is 37.3 Å². The summed E-state index contributed by atoms with van der Waals surface area (Å²) in [6, 6.07) is 12.9. The zero-order valence-corrected chi connectivity index (χ0v) is 15.2. The summed E-state index contributed by atoms with van der Waals surface area (Å²) >= 11 is 5.94. The molecule has 134 valence electrons. The van der Waals surface area contributed by atoms with Crippen molar-refractivity contribution >= 4 is 23.2 Å². The van der Waals surface area contributed by atoms with Crippen molar-refractivity contribution in [2.75, 3.05) is 32.1 Å². The van der Waals surface area contributed by atoms with Crippen molar-refractivity contribution in [3.8, 4) is 11.5 Å². The van der Waals surface area contributed by atoms with Gasteiger partial charge >= 0.3 is 0 Å². The van der Waals surface area contributed by atoms with Crippen molar-refractivity contribution in [3.63, 3.8) is 0 Å². The molecule has 2 N–H and O–H groups in total. The van der Waals surface area contributed by atoms with Gasteiger partial charge in [-0.25, -0.2) is 0 Å². The van der Waals surface area contributed by atoms with Crippen molar-refractivity contribution in [2.24, 2.45) is 0 Å². The zero-order chi connectivity index (χ0) is 18.1. The van der Waals surface area contributed by atoms with Crippen molar-refractivity contribution in [2.45, 2.75) is 13.3 Å². The second kappa shape index (κ2) is 9.91. The Morgan fingerprint density at radius 3 is 2.52 bits per heavy atom. The van der Waals surface area contributed by atoms with Crippen LogP contribution in [0.4, 0.5) is 5.69 Å². The summed E-state index contributed by atoms with van der Waals surface area (Å²) < 4.78 is 10.7. The fraction of sp³-hybridized carbons (Fsp3) is 0.316. The molecule has 2 rings (SSSR count). The molecule has 0 fully saturated rings. The van der Waals surface area contributed by atoms with E-state index >= 15 is 0 Å². The van der Waals surface area contributed by atoms with E-state index in [0.717, 1.165) is 22.7 Å². The summed E-state index contributed by atoms with van der Waals surface area (Å²) in [6.45, 7) is 3.70. The SMILES string of the molecule is COc1ccc(OCCNCCC(=O)Nc2cc(Cl)ccc2C)cc1. The lowest BCUT2D eigenvalue weighted by Gasteiger charge is -2.10. The highest BCUT2D eigenvalue weighted by Gasteiger charge is 2.05. The Hall–Kier alpha value is -2.24. The van der Waals surface area contributed by atoms with Gasteiger partial charge in [0, 0.05) is 30.2 Å². The summed E-state index contributed by atoms with van der Waals surface area (Å²) in [5.74, 6) is 1.54. The second-order valence-electron chi connectivity index (χ2n) is 5.53. The zero-order valence-electron chi connectivity index (χ0n) is 14.5. The quantitative estimate of drug-likeness (QED) is 0.668. The van der Waals surface area contributed by atoms with E-state index < -0.39 is 0 Å². The summed E-state index contributed by atoms with van der Waals surface area (Å²) in [4.78, 5) is 12.0. The van der Waals surface area contributed by atoms with Gasteiger partial charge in [0.1, 0.15) is 18.1 Å². The topological polar surface area (TPSA) is 59.6 Å². The number of rotatable bonds is 9. The minimum Gasteiger partial charge on any atom is -0.497 e. The Morgan fingerprint density at radius 2 is 1.80 bits per heavy atom. The lowest BCUT2D eigenvalue weighted by atomic mass is 10.2. The van der Waals surface area contributed by atoms with Gasteiger partial charge in [0.25, 0.3) is 0 Å². The van der Waals surface area contributed by atoms with E-state index in [9.17, 15) is 4.79 Å². The maximum atomic E-state index is 12.0. The van der Waals surface area contributed by atoms with E-state index in [4.69, 9.17) is 21.1 Å². The average molecular weight is 363 g/mol. The minimum atomic E-state index is -0.0473. The molecule has 0 unspecified atom stereocenters. The number of hydrogen-bond donors (Lipinski definition) is 2. The number of ether oxygens (including phenoxy) is 2. The molecular formula is C19H23ClN2O3. The number of nitrogens with one attached hydrogen (secondary N) is 2. The van der Waals surface area contributed by atoms with Gasteiger partial charge < -0.3 is 20.1 Å². The number of methoxy groups -OCH3 is 1. The van der Waals surface area contributed by atoms with Gasteiger partial charge in [0.2, 0.25) is 5.91 Å². The molecule has 0 saturated carbocycles. The first-order valence-corrected chi connectivity index (χ1v) is 8.50. The summed E-state index contributed by atoms with van der Waals surface area (Å²) in [5.41, 5.74) is 1.74. The lowest BCUT2D eigenvalue weighted by Crippen LogP contribution is -2.25.